The summed E-state index contributed by atoms with van der Waals surface area (Å²) >= 11 is 12.0. The Bertz CT molecular complexity index is 1080. The topological polar surface area (TPSA) is 65.2 Å². The van der Waals surface area contributed by atoms with Gasteiger partial charge in [0.15, 0.2) is 0 Å². The Balaban J connectivity index is 1.65. The van der Waals surface area contributed by atoms with Crippen LogP contribution in [0.4, 0.5) is 5.69 Å². The molecule has 0 spiro atoms. The number of rotatable bonds is 3. The second-order valence-corrected chi connectivity index (χ2v) is 9.06. The van der Waals surface area contributed by atoms with Crippen LogP contribution in [-0.2, 0) is 16.8 Å². The Morgan fingerprint density at radius 1 is 1.12 bits per heavy atom. The standard InChI is InChI=1S/C18H17Cl2N3O2S/c1-11-9-23(26(24,25)22-14-5-2-12(19)3-6-14)10-17-18(11)15-8-13(20)4-7-16(15)21-17/h2-8,11,21-22H,9-10H2,1H3. The van der Waals surface area contributed by atoms with Crippen molar-refractivity contribution in [1.82, 2.24) is 9.29 Å². The van der Waals surface area contributed by atoms with E-state index in [9.17, 15) is 8.42 Å². The predicted molar refractivity (Wildman–Crippen MR) is 106 cm³/mol. The largest absolute Gasteiger partial charge is 0.357 e. The molecule has 1 unspecified atom stereocenters. The number of anilines is 1. The summed E-state index contributed by atoms with van der Waals surface area (Å²) in [4.78, 5) is 3.34. The number of nitrogens with zero attached hydrogens (tertiary/aromatic N) is 1. The molecule has 0 fully saturated rings. The van der Waals surface area contributed by atoms with Gasteiger partial charge < -0.3 is 4.98 Å². The first-order valence-electron chi connectivity index (χ1n) is 8.17. The van der Waals surface area contributed by atoms with Crippen molar-refractivity contribution in [3.63, 3.8) is 0 Å². The molecular weight excluding hydrogens is 393 g/mol. The number of aromatic nitrogens is 1. The molecule has 26 heavy (non-hydrogen) atoms. The normalized spacial score (nSPS) is 18.0. The zero-order valence-electron chi connectivity index (χ0n) is 14.0. The maximum absolute atomic E-state index is 12.8. The minimum atomic E-state index is -3.68. The minimum absolute atomic E-state index is 0.0489. The number of halogens is 2. The van der Waals surface area contributed by atoms with Gasteiger partial charge in [-0.05, 0) is 53.9 Å². The monoisotopic (exact) mass is 409 g/mol. The molecule has 0 saturated heterocycles. The summed E-state index contributed by atoms with van der Waals surface area (Å²) in [6, 6.07) is 12.3. The number of hydrogen-bond donors (Lipinski definition) is 2. The third-order valence-corrected chi connectivity index (χ3v) is 6.56. The Morgan fingerprint density at radius 2 is 1.81 bits per heavy atom. The van der Waals surface area contributed by atoms with E-state index >= 15 is 0 Å². The lowest BCUT2D eigenvalue weighted by Gasteiger charge is -2.30. The van der Waals surface area contributed by atoms with Crippen LogP contribution in [0.2, 0.25) is 10.0 Å². The SMILES string of the molecule is CC1CN(S(=O)(=O)Nc2ccc(Cl)cc2)Cc2[nH]c3ccc(Cl)cc3c21. The van der Waals surface area contributed by atoms with E-state index in [1.807, 2.05) is 25.1 Å². The van der Waals surface area contributed by atoms with E-state index in [0.717, 1.165) is 22.2 Å². The van der Waals surface area contributed by atoms with Crippen LogP contribution in [-0.4, -0.2) is 24.3 Å². The average molecular weight is 410 g/mol. The first kappa shape index (κ1) is 17.7. The van der Waals surface area contributed by atoms with Gasteiger partial charge in [-0.1, -0.05) is 30.1 Å². The second-order valence-electron chi connectivity index (χ2n) is 6.51. The van der Waals surface area contributed by atoms with Gasteiger partial charge in [0, 0.05) is 38.9 Å². The van der Waals surface area contributed by atoms with Crippen molar-refractivity contribution in [3.8, 4) is 0 Å². The molecule has 0 radical (unpaired) electrons. The summed E-state index contributed by atoms with van der Waals surface area (Å²) < 4.78 is 29.7. The van der Waals surface area contributed by atoms with Crippen LogP contribution < -0.4 is 4.72 Å². The van der Waals surface area contributed by atoms with Crippen LogP contribution >= 0.6 is 23.2 Å². The molecule has 136 valence electrons. The van der Waals surface area contributed by atoms with Gasteiger partial charge in [0.1, 0.15) is 0 Å². The Hall–Kier alpha value is -1.73. The maximum Gasteiger partial charge on any atom is 0.302 e. The van der Waals surface area contributed by atoms with E-state index in [0.29, 0.717) is 22.3 Å². The number of hydrogen-bond acceptors (Lipinski definition) is 2. The van der Waals surface area contributed by atoms with Crippen molar-refractivity contribution >= 4 is 50.0 Å². The molecule has 3 aromatic rings. The van der Waals surface area contributed by atoms with E-state index in [1.54, 1.807) is 24.3 Å². The molecule has 1 aromatic heterocycles. The summed E-state index contributed by atoms with van der Waals surface area (Å²) in [6.07, 6.45) is 0. The van der Waals surface area contributed by atoms with Gasteiger partial charge in [0.2, 0.25) is 0 Å². The van der Waals surface area contributed by atoms with Gasteiger partial charge in [-0.3, -0.25) is 4.72 Å². The molecule has 1 aliphatic heterocycles. The molecule has 2 heterocycles. The van der Waals surface area contributed by atoms with Crippen molar-refractivity contribution in [1.29, 1.82) is 0 Å². The minimum Gasteiger partial charge on any atom is -0.357 e. The predicted octanol–water partition coefficient (Wildman–Crippen LogP) is 4.75. The van der Waals surface area contributed by atoms with Crippen molar-refractivity contribution in [2.45, 2.75) is 19.4 Å². The van der Waals surface area contributed by atoms with Crippen LogP contribution in [0.25, 0.3) is 10.9 Å². The quantitative estimate of drug-likeness (QED) is 0.655. The van der Waals surface area contributed by atoms with Gasteiger partial charge in [0.05, 0.1) is 6.54 Å². The fraction of sp³-hybridized carbons (Fsp3) is 0.222. The lowest BCUT2D eigenvalue weighted by Crippen LogP contribution is -2.40. The molecule has 5 nitrogen and oxygen atoms in total. The van der Waals surface area contributed by atoms with Crippen LogP contribution in [0.1, 0.15) is 24.1 Å². The maximum atomic E-state index is 12.8. The first-order chi connectivity index (χ1) is 12.3. The number of aromatic amines is 1. The number of fused-ring (bicyclic) bond motifs is 3. The fourth-order valence-electron chi connectivity index (χ4n) is 3.48. The molecule has 0 bridgehead atoms. The van der Waals surface area contributed by atoms with E-state index in [2.05, 4.69) is 9.71 Å². The zero-order chi connectivity index (χ0) is 18.5. The molecule has 1 aliphatic rings. The van der Waals surface area contributed by atoms with E-state index < -0.39 is 10.2 Å². The molecule has 1 atom stereocenters. The van der Waals surface area contributed by atoms with Crippen LogP contribution in [0.15, 0.2) is 42.5 Å². The summed E-state index contributed by atoms with van der Waals surface area (Å²) in [5, 5.41) is 2.29. The van der Waals surface area contributed by atoms with Crippen LogP contribution in [0.5, 0.6) is 0 Å². The van der Waals surface area contributed by atoms with Gasteiger partial charge in [-0.2, -0.15) is 12.7 Å². The van der Waals surface area contributed by atoms with Crippen LogP contribution in [0.3, 0.4) is 0 Å². The Labute approximate surface area is 162 Å². The smallest absolute Gasteiger partial charge is 0.302 e. The molecule has 2 aromatic carbocycles. The summed E-state index contributed by atoms with van der Waals surface area (Å²) in [5.41, 5.74) is 3.50. The molecule has 0 aliphatic carbocycles. The molecule has 8 heteroatoms. The van der Waals surface area contributed by atoms with Gasteiger partial charge in [-0.25, -0.2) is 0 Å². The van der Waals surface area contributed by atoms with E-state index in [1.165, 1.54) is 4.31 Å². The Kier molecular flexibility index (Phi) is 4.39. The second kappa shape index (κ2) is 6.46. The number of H-pyrrole nitrogens is 1. The fourth-order valence-corrected chi connectivity index (χ4v) is 5.06. The van der Waals surface area contributed by atoms with Crippen molar-refractivity contribution in [2.75, 3.05) is 11.3 Å². The van der Waals surface area contributed by atoms with Gasteiger partial charge >= 0.3 is 10.2 Å². The molecule has 4 rings (SSSR count). The average Bonchev–Trinajstić information content (AvgIpc) is 2.95. The first-order valence-corrected chi connectivity index (χ1v) is 10.4. The number of benzene rings is 2. The molecule has 2 N–H and O–H groups in total. The van der Waals surface area contributed by atoms with E-state index in [4.69, 9.17) is 23.2 Å². The highest BCUT2D eigenvalue weighted by molar-refractivity contribution is 7.90. The number of nitrogens with one attached hydrogen (secondary N) is 2. The molecular formula is C18H17Cl2N3O2S. The van der Waals surface area contributed by atoms with E-state index in [-0.39, 0.29) is 12.5 Å². The van der Waals surface area contributed by atoms with Crippen molar-refractivity contribution in [2.24, 2.45) is 0 Å². The molecule has 0 saturated carbocycles. The third-order valence-electron chi connectivity index (χ3n) is 4.62. The highest BCUT2D eigenvalue weighted by atomic mass is 35.5. The van der Waals surface area contributed by atoms with Crippen molar-refractivity contribution < 1.29 is 8.42 Å². The highest BCUT2D eigenvalue weighted by Gasteiger charge is 2.32. The van der Waals surface area contributed by atoms with Crippen molar-refractivity contribution in [3.05, 3.63) is 63.8 Å². The lowest BCUT2D eigenvalue weighted by molar-refractivity contribution is 0.364. The lowest BCUT2D eigenvalue weighted by atomic mass is 9.95. The van der Waals surface area contributed by atoms with Gasteiger partial charge in [0.25, 0.3) is 0 Å². The molecule has 0 amide bonds. The highest BCUT2D eigenvalue weighted by Crippen LogP contribution is 2.36. The summed E-state index contributed by atoms with van der Waals surface area (Å²) in [5.74, 6) is 0.0489. The zero-order valence-corrected chi connectivity index (χ0v) is 16.3. The summed E-state index contributed by atoms with van der Waals surface area (Å²) in [7, 11) is -3.68. The Morgan fingerprint density at radius 3 is 2.54 bits per heavy atom. The third kappa shape index (κ3) is 3.18. The van der Waals surface area contributed by atoms with Crippen LogP contribution in [0, 0.1) is 0 Å². The van der Waals surface area contributed by atoms with Gasteiger partial charge in [-0.15, -0.1) is 0 Å². The summed E-state index contributed by atoms with van der Waals surface area (Å²) in [6.45, 7) is 2.71.